The molecule has 0 atom stereocenters. The van der Waals surface area contributed by atoms with Crippen molar-refractivity contribution in [1.29, 1.82) is 0 Å². The first kappa shape index (κ1) is 24.0. The van der Waals surface area contributed by atoms with Gasteiger partial charge in [-0.25, -0.2) is 13.2 Å². The predicted octanol–water partition coefficient (Wildman–Crippen LogP) is 2.70. The summed E-state index contributed by atoms with van der Waals surface area (Å²) >= 11 is 0. The highest BCUT2D eigenvalue weighted by molar-refractivity contribution is 7.89. The van der Waals surface area contributed by atoms with Crippen molar-refractivity contribution in [3.05, 3.63) is 29.3 Å². The number of amides is 2. The van der Waals surface area contributed by atoms with E-state index in [1.54, 1.807) is 17.9 Å². The van der Waals surface area contributed by atoms with E-state index in [0.29, 0.717) is 63.4 Å². The van der Waals surface area contributed by atoms with Gasteiger partial charge < -0.3 is 15.0 Å². The van der Waals surface area contributed by atoms with Gasteiger partial charge in [0.2, 0.25) is 15.9 Å². The summed E-state index contributed by atoms with van der Waals surface area (Å²) in [6.45, 7) is 4.00. The number of hydrogen-bond acceptors (Lipinski definition) is 5. The van der Waals surface area contributed by atoms with Crippen LogP contribution in [-0.2, 0) is 32.4 Å². The van der Waals surface area contributed by atoms with Crippen molar-refractivity contribution in [2.45, 2.75) is 69.2 Å². The summed E-state index contributed by atoms with van der Waals surface area (Å²) in [6, 6.07) is 5.60. The number of carbonyl (C=O) groups excluding carboxylic acids is 2. The Morgan fingerprint density at radius 2 is 1.67 bits per heavy atom. The third-order valence-electron chi connectivity index (χ3n) is 7.15. The van der Waals surface area contributed by atoms with E-state index in [4.69, 9.17) is 4.74 Å². The second-order valence-corrected chi connectivity index (χ2v) is 11.2. The quantitative estimate of drug-likeness (QED) is 0.704. The van der Waals surface area contributed by atoms with E-state index < -0.39 is 10.0 Å². The van der Waals surface area contributed by atoms with Crippen LogP contribution in [0.1, 0.15) is 56.6 Å². The first-order chi connectivity index (χ1) is 15.9. The van der Waals surface area contributed by atoms with Gasteiger partial charge in [0.1, 0.15) is 0 Å². The van der Waals surface area contributed by atoms with Crippen LogP contribution in [0.25, 0.3) is 0 Å². The predicted molar refractivity (Wildman–Crippen MR) is 124 cm³/mol. The molecular weight excluding hydrogens is 442 g/mol. The molecule has 8 nitrogen and oxygen atoms in total. The van der Waals surface area contributed by atoms with E-state index in [2.05, 4.69) is 5.32 Å². The number of aryl methyl sites for hydroxylation is 2. The highest BCUT2D eigenvalue weighted by Crippen LogP contribution is 2.28. The SMILES string of the molecule is CCOC(=O)N1CCC(NC(=O)C2CCN(S(=O)(=O)c3ccc4c(c3)CCCC4)CC2)CC1. The zero-order valence-corrected chi connectivity index (χ0v) is 20.2. The lowest BCUT2D eigenvalue weighted by Gasteiger charge is -2.34. The van der Waals surface area contributed by atoms with E-state index >= 15 is 0 Å². The largest absolute Gasteiger partial charge is 0.450 e. The number of fused-ring (bicyclic) bond motifs is 1. The zero-order valence-electron chi connectivity index (χ0n) is 19.4. The van der Waals surface area contributed by atoms with Gasteiger partial charge in [0.25, 0.3) is 0 Å². The lowest BCUT2D eigenvalue weighted by atomic mass is 9.92. The van der Waals surface area contributed by atoms with E-state index in [-0.39, 0.29) is 24.0 Å². The molecule has 9 heteroatoms. The standard InChI is InChI=1S/C24H35N3O5S/c1-2-32-24(29)26-13-11-21(12-14-26)25-23(28)19-9-15-27(16-10-19)33(30,31)22-8-7-18-5-3-4-6-20(18)17-22/h7-8,17,19,21H,2-6,9-16H2,1H3,(H,25,28). The van der Waals surface area contributed by atoms with E-state index in [0.717, 1.165) is 24.8 Å². The number of nitrogens with one attached hydrogen (secondary N) is 1. The van der Waals surface area contributed by atoms with Crippen molar-refractivity contribution in [3.8, 4) is 0 Å². The molecule has 0 unspecified atom stereocenters. The fraction of sp³-hybridized carbons (Fsp3) is 0.667. The molecule has 0 aromatic heterocycles. The molecule has 1 aromatic rings. The molecule has 1 N–H and O–H groups in total. The first-order valence-corrected chi connectivity index (χ1v) is 13.7. The van der Waals surface area contributed by atoms with Crippen molar-refractivity contribution < 1.29 is 22.7 Å². The number of carbonyl (C=O) groups is 2. The minimum atomic E-state index is -3.54. The van der Waals surface area contributed by atoms with Gasteiger partial charge in [0, 0.05) is 38.1 Å². The molecule has 4 rings (SSSR count). The van der Waals surface area contributed by atoms with Crippen molar-refractivity contribution in [2.24, 2.45) is 5.92 Å². The molecule has 2 aliphatic heterocycles. The topological polar surface area (TPSA) is 96.0 Å². The monoisotopic (exact) mass is 477 g/mol. The molecule has 3 aliphatic rings. The number of ether oxygens (including phenoxy) is 1. The molecule has 2 heterocycles. The van der Waals surface area contributed by atoms with Crippen LogP contribution in [0.2, 0.25) is 0 Å². The maximum Gasteiger partial charge on any atom is 0.409 e. The minimum Gasteiger partial charge on any atom is -0.450 e. The molecule has 1 aliphatic carbocycles. The van der Waals surface area contributed by atoms with Gasteiger partial charge in [0.05, 0.1) is 11.5 Å². The Morgan fingerprint density at radius 3 is 2.33 bits per heavy atom. The van der Waals surface area contributed by atoms with Crippen LogP contribution in [-0.4, -0.2) is 68.5 Å². The maximum absolute atomic E-state index is 13.2. The Hall–Kier alpha value is -2.13. The van der Waals surface area contributed by atoms with Gasteiger partial charge in [-0.05, 0) is 81.5 Å². The molecule has 0 bridgehead atoms. The number of likely N-dealkylation sites (tertiary alicyclic amines) is 1. The fourth-order valence-corrected chi connectivity index (χ4v) is 6.64. The van der Waals surface area contributed by atoms with Crippen LogP contribution >= 0.6 is 0 Å². The highest BCUT2D eigenvalue weighted by atomic mass is 32.2. The molecule has 1 aromatic carbocycles. The second-order valence-electron chi connectivity index (χ2n) is 9.28. The van der Waals surface area contributed by atoms with Crippen molar-refractivity contribution in [1.82, 2.24) is 14.5 Å². The Balaban J connectivity index is 1.27. The van der Waals surface area contributed by atoms with Gasteiger partial charge in [-0.1, -0.05) is 6.07 Å². The molecule has 0 spiro atoms. The minimum absolute atomic E-state index is 0.00425. The van der Waals surface area contributed by atoms with Crippen molar-refractivity contribution in [3.63, 3.8) is 0 Å². The summed E-state index contributed by atoms with van der Waals surface area (Å²) in [7, 11) is -3.54. The Morgan fingerprint density at radius 1 is 1.00 bits per heavy atom. The molecule has 2 saturated heterocycles. The smallest absolute Gasteiger partial charge is 0.409 e. The molecular formula is C24H35N3O5S. The van der Waals surface area contributed by atoms with Crippen LogP contribution in [0, 0.1) is 5.92 Å². The number of hydrogen-bond donors (Lipinski definition) is 1. The summed E-state index contributed by atoms with van der Waals surface area (Å²) in [6.07, 6.45) is 6.41. The van der Waals surface area contributed by atoms with Crippen LogP contribution in [0.5, 0.6) is 0 Å². The summed E-state index contributed by atoms with van der Waals surface area (Å²) in [4.78, 5) is 26.7. The lowest BCUT2D eigenvalue weighted by Crippen LogP contribution is -2.49. The van der Waals surface area contributed by atoms with Gasteiger partial charge in [-0.3, -0.25) is 4.79 Å². The Bertz CT molecular complexity index is 964. The third-order valence-corrected chi connectivity index (χ3v) is 9.04. The average Bonchev–Trinajstić information content (AvgIpc) is 2.84. The third kappa shape index (κ3) is 5.51. The van der Waals surface area contributed by atoms with Crippen LogP contribution < -0.4 is 5.32 Å². The lowest BCUT2D eigenvalue weighted by molar-refractivity contribution is -0.127. The van der Waals surface area contributed by atoms with Crippen molar-refractivity contribution >= 4 is 22.0 Å². The maximum atomic E-state index is 13.2. The zero-order chi connectivity index (χ0) is 23.4. The molecule has 2 amide bonds. The number of rotatable bonds is 5. The first-order valence-electron chi connectivity index (χ1n) is 12.2. The summed E-state index contributed by atoms with van der Waals surface area (Å²) in [5, 5.41) is 3.11. The normalized spacial score (nSPS) is 20.8. The van der Waals surface area contributed by atoms with Crippen LogP contribution in [0.15, 0.2) is 23.1 Å². The fourth-order valence-electron chi connectivity index (χ4n) is 5.12. The summed E-state index contributed by atoms with van der Waals surface area (Å²) < 4.78 is 32.9. The number of piperidine rings is 2. The summed E-state index contributed by atoms with van der Waals surface area (Å²) in [5.41, 5.74) is 2.43. The molecule has 0 radical (unpaired) electrons. The highest BCUT2D eigenvalue weighted by Gasteiger charge is 2.34. The number of benzene rings is 1. The van der Waals surface area contributed by atoms with Gasteiger partial charge in [-0.2, -0.15) is 4.31 Å². The Labute approximate surface area is 196 Å². The van der Waals surface area contributed by atoms with Gasteiger partial charge in [0.15, 0.2) is 0 Å². The van der Waals surface area contributed by atoms with Crippen LogP contribution in [0.4, 0.5) is 4.79 Å². The van der Waals surface area contributed by atoms with Crippen LogP contribution in [0.3, 0.4) is 0 Å². The second kappa shape index (κ2) is 10.4. The van der Waals surface area contributed by atoms with E-state index in [1.807, 2.05) is 12.1 Å². The average molecular weight is 478 g/mol. The number of sulfonamides is 1. The molecule has 182 valence electrons. The molecule has 2 fully saturated rings. The Kier molecular flexibility index (Phi) is 7.58. The van der Waals surface area contributed by atoms with Gasteiger partial charge >= 0.3 is 6.09 Å². The van der Waals surface area contributed by atoms with E-state index in [1.165, 1.54) is 16.3 Å². The molecule has 33 heavy (non-hydrogen) atoms. The van der Waals surface area contributed by atoms with E-state index in [9.17, 15) is 18.0 Å². The summed E-state index contributed by atoms with van der Waals surface area (Å²) in [5.74, 6) is -0.182. The van der Waals surface area contributed by atoms with Gasteiger partial charge in [-0.15, -0.1) is 0 Å². The number of nitrogens with zero attached hydrogens (tertiary/aromatic N) is 2. The van der Waals surface area contributed by atoms with Crippen molar-refractivity contribution in [2.75, 3.05) is 32.8 Å². The molecule has 0 saturated carbocycles.